The van der Waals surface area contributed by atoms with Gasteiger partial charge in [0.2, 0.25) is 0 Å². The van der Waals surface area contributed by atoms with Crippen LogP contribution in [0, 0.1) is 6.92 Å². The van der Waals surface area contributed by atoms with E-state index < -0.39 is 0 Å². The lowest BCUT2D eigenvalue weighted by Gasteiger charge is -2.19. The lowest BCUT2D eigenvalue weighted by atomic mass is 9.92. The minimum atomic E-state index is -0.268. The fourth-order valence-corrected chi connectivity index (χ4v) is 2.56. The predicted octanol–water partition coefficient (Wildman–Crippen LogP) is 2.81. The van der Waals surface area contributed by atoms with E-state index in [0.29, 0.717) is 22.7 Å². The molecule has 3 aromatic heterocycles. The third kappa shape index (κ3) is 2.89. The van der Waals surface area contributed by atoms with Crippen molar-refractivity contribution < 1.29 is 9.32 Å². The highest BCUT2D eigenvalue weighted by Gasteiger charge is 2.23. The number of rotatable bonds is 3. The first-order valence-corrected chi connectivity index (χ1v) is 7.84. The van der Waals surface area contributed by atoms with Crippen molar-refractivity contribution >= 4 is 11.6 Å². The molecule has 24 heavy (non-hydrogen) atoms. The number of fused-ring (bicyclic) bond motifs is 1. The Bertz CT molecular complexity index is 888. The number of aryl methyl sites for hydroxylation is 1. The summed E-state index contributed by atoms with van der Waals surface area (Å²) in [5, 5.41) is 11.2. The molecule has 3 aromatic rings. The Labute approximate surface area is 140 Å². The van der Waals surface area contributed by atoms with Gasteiger partial charge in [-0.2, -0.15) is 5.10 Å². The van der Waals surface area contributed by atoms with Crippen LogP contribution in [0.3, 0.4) is 0 Å². The Morgan fingerprint density at radius 3 is 2.75 bits per heavy atom. The zero-order valence-electron chi connectivity index (χ0n) is 14.5. The molecule has 7 nitrogen and oxygen atoms in total. The summed E-state index contributed by atoms with van der Waals surface area (Å²) in [6.45, 7) is 9.96. The molecule has 0 radical (unpaired) electrons. The smallest absolute Gasteiger partial charge is 0.257 e. The summed E-state index contributed by atoms with van der Waals surface area (Å²) in [6, 6.07) is 3.45. The predicted molar refractivity (Wildman–Crippen MR) is 88.8 cm³/mol. The third-order valence-electron chi connectivity index (χ3n) is 3.85. The molecule has 0 fully saturated rings. The van der Waals surface area contributed by atoms with Gasteiger partial charge in [0.25, 0.3) is 5.91 Å². The Kier molecular flexibility index (Phi) is 3.87. The van der Waals surface area contributed by atoms with Gasteiger partial charge in [0.15, 0.2) is 5.65 Å². The fraction of sp³-hybridized carbons (Fsp3) is 0.412. The van der Waals surface area contributed by atoms with Gasteiger partial charge in [-0.15, -0.1) is 0 Å². The monoisotopic (exact) mass is 327 g/mol. The molecule has 0 aliphatic carbocycles. The SMILES string of the molecule is Cc1cc(C(C)NC(=O)c2cnn3c(C(C)(C)C)ccnc23)no1. The molecule has 0 spiro atoms. The summed E-state index contributed by atoms with van der Waals surface area (Å²) in [6.07, 6.45) is 3.26. The average Bonchev–Trinajstić information content (AvgIpc) is 3.11. The molecule has 1 atom stereocenters. The maximum absolute atomic E-state index is 12.6. The summed E-state index contributed by atoms with van der Waals surface area (Å²) < 4.78 is 6.77. The number of nitrogens with one attached hydrogen (secondary N) is 1. The van der Waals surface area contributed by atoms with E-state index in [2.05, 4.69) is 41.3 Å². The summed E-state index contributed by atoms with van der Waals surface area (Å²) in [5.74, 6) is 0.468. The Morgan fingerprint density at radius 1 is 1.38 bits per heavy atom. The first-order valence-electron chi connectivity index (χ1n) is 7.84. The van der Waals surface area contributed by atoms with Crippen LogP contribution in [0.1, 0.15) is 61.2 Å². The molecule has 3 rings (SSSR count). The van der Waals surface area contributed by atoms with E-state index in [1.807, 2.05) is 19.9 Å². The summed E-state index contributed by atoms with van der Waals surface area (Å²) in [7, 11) is 0. The second-order valence-electron chi connectivity index (χ2n) is 6.93. The van der Waals surface area contributed by atoms with Crippen LogP contribution in [-0.4, -0.2) is 25.7 Å². The van der Waals surface area contributed by atoms with Gasteiger partial charge in [-0.1, -0.05) is 25.9 Å². The van der Waals surface area contributed by atoms with E-state index in [-0.39, 0.29) is 17.4 Å². The van der Waals surface area contributed by atoms with Crippen molar-refractivity contribution in [2.45, 2.75) is 46.1 Å². The highest BCUT2D eigenvalue weighted by molar-refractivity contribution is 5.99. The van der Waals surface area contributed by atoms with Gasteiger partial charge in [0, 0.05) is 17.7 Å². The third-order valence-corrected chi connectivity index (χ3v) is 3.85. The van der Waals surface area contributed by atoms with Gasteiger partial charge < -0.3 is 9.84 Å². The van der Waals surface area contributed by atoms with E-state index in [1.54, 1.807) is 23.0 Å². The molecule has 126 valence electrons. The normalized spacial score (nSPS) is 13.2. The Morgan fingerprint density at radius 2 is 2.12 bits per heavy atom. The number of nitrogens with zero attached hydrogens (tertiary/aromatic N) is 4. The number of hydrogen-bond donors (Lipinski definition) is 1. The number of carbonyl (C=O) groups is 1. The molecule has 3 heterocycles. The van der Waals surface area contributed by atoms with E-state index in [1.165, 1.54) is 0 Å². The molecule has 0 bridgehead atoms. The van der Waals surface area contributed by atoms with Gasteiger partial charge in [0.1, 0.15) is 17.0 Å². The van der Waals surface area contributed by atoms with E-state index >= 15 is 0 Å². The molecule has 0 saturated heterocycles. The van der Waals surface area contributed by atoms with Crippen molar-refractivity contribution in [3.05, 3.63) is 47.2 Å². The molecule has 0 aliphatic rings. The molecule has 1 unspecified atom stereocenters. The number of amides is 1. The van der Waals surface area contributed by atoms with Crippen molar-refractivity contribution in [1.82, 2.24) is 25.1 Å². The van der Waals surface area contributed by atoms with E-state index in [4.69, 9.17) is 4.52 Å². The highest BCUT2D eigenvalue weighted by atomic mass is 16.5. The maximum Gasteiger partial charge on any atom is 0.257 e. The number of carbonyl (C=O) groups excluding carboxylic acids is 1. The van der Waals surface area contributed by atoms with Crippen LogP contribution in [0.15, 0.2) is 29.0 Å². The number of aromatic nitrogens is 4. The lowest BCUT2D eigenvalue weighted by molar-refractivity contribution is 0.0940. The topological polar surface area (TPSA) is 85.3 Å². The minimum Gasteiger partial charge on any atom is -0.361 e. The first-order chi connectivity index (χ1) is 11.3. The van der Waals surface area contributed by atoms with Crippen molar-refractivity contribution in [3.8, 4) is 0 Å². The van der Waals surface area contributed by atoms with Crippen LogP contribution >= 0.6 is 0 Å². The minimum absolute atomic E-state index is 0.105. The van der Waals surface area contributed by atoms with Crippen LogP contribution in [0.25, 0.3) is 5.65 Å². The number of hydrogen-bond acceptors (Lipinski definition) is 5. The van der Waals surface area contributed by atoms with Crippen molar-refractivity contribution in [1.29, 1.82) is 0 Å². The van der Waals surface area contributed by atoms with E-state index in [9.17, 15) is 4.79 Å². The van der Waals surface area contributed by atoms with Crippen LogP contribution < -0.4 is 5.32 Å². The average molecular weight is 327 g/mol. The quantitative estimate of drug-likeness (QED) is 0.799. The van der Waals surface area contributed by atoms with Crippen molar-refractivity contribution in [2.75, 3.05) is 0 Å². The largest absolute Gasteiger partial charge is 0.361 e. The molecule has 1 amide bonds. The Balaban J connectivity index is 1.91. The van der Waals surface area contributed by atoms with Crippen LogP contribution in [-0.2, 0) is 5.41 Å². The standard InChI is InChI=1S/C17H21N5O2/c1-10-8-13(21-24-10)11(2)20-16(23)12-9-19-22-14(17(3,4)5)6-7-18-15(12)22/h6-9,11H,1-5H3,(H,20,23). The molecule has 0 saturated carbocycles. The summed E-state index contributed by atoms with van der Waals surface area (Å²) in [4.78, 5) is 16.9. The van der Waals surface area contributed by atoms with Crippen LogP contribution in [0.2, 0.25) is 0 Å². The zero-order chi connectivity index (χ0) is 17.5. The van der Waals surface area contributed by atoms with Crippen LogP contribution in [0.4, 0.5) is 0 Å². The highest BCUT2D eigenvalue weighted by Crippen LogP contribution is 2.23. The van der Waals surface area contributed by atoms with Gasteiger partial charge >= 0.3 is 0 Å². The second kappa shape index (κ2) is 5.74. The van der Waals surface area contributed by atoms with Crippen molar-refractivity contribution in [3.63, 3.8) is 0 Å². The van der Waals surface area contributed by atoms with Crippen LogP contribution in [0.5, 0.6) is 0 Å². The van der Waals surface area contributed by atoms with Gasteiger partial charge in [-0.05, 0) is 19.9 Å². The van der Waals surface area contributed by atoms with Crippen molar-refractivity contribution in [2.24, 2.45) is 0 Å². The zero-order valence-corrected chi connectivity index (χ0v) is 14.5. The molecule has 0 aliphatic heterocycles. The van der Waals surface area contributed by atoms with Gasteiger partial charge in [-0.3, -0.25) is 4.79 Å². The molecule has 0 aromatic carbocycles. The van der Waals surface area contributed by atoms with E-state index in [0.717, 1.165) is 5.69 Å². The first kappa shape index (κ1) is 16.2. The Hall–Kier alpha value is -2.70. The molecule has 7 heteroatoms. The summed E-state index contributed by atoms with van der Waals surface area (Å²) in [5.41, 5.74) is 2.55. The molecule has 1 N–H and O–H groups in total. The summed E-state index contributed by atoms with van der Waals surface area (Å²) >= 11 is 0. The molecular weight excluding hydrogens is 306 g/mol. The molecular formula is C17H21N5O2. The second-order valence-corrected chi connectivity index (χ2v) is 6.93. The lowest BCUT2D eigenvalue weighted by Crippen LogP contribution is -2.27. The van der Waals surface area contributed by atoms with Gasteiger partial charge in [0.05, 0.1) is 17.9 Å². The fourth-order valence-electron chi connectivity index (χ4n) is 2.56. The van der Waals surface area contributed by atoms with Gasteiger partial charge in [-0.25, -0.2) is 9.50 Å². The maximum atomic E-state index is 12.6.